The average Bonchev–Trinajstić information content (AvgIpc) is 2.71. The molecule has 1 aromatic carbocycles. The Balaban J connectivity index is 1.92. The summed E-state index contributed by atoms with van der Waals surface area (Å²) in [4.78, 5) is 2.30. The van der Waals surface area contributed by atoms with Crippen LogP contribution in [0.5, 0.6) is 5.75 Å². The lowest BCUT2D eigenvalue weighted by atomic mass is 9.73. The van der Waals surface area contributed by atoms with Gasteiger partial charge < -0.3 is 9.64 Å². The standard InChI is InChI=1S/C16H21Br2NO/c1-19(2)10-12-5-3-4-6-16(12)9-11-7-13(17)8-14(18)15(11)20-16/h7-8,12H,3-6,9-10H2,1-2H3/t12-,16+/m1/s1. The molecule has 2 aliphatic rings. The van der Waals surface area contributed by atoms with Gasteiger partial charge in [0.25, 0.3) is 0 Å². The van der Waals surface area contributed by atoms with Gasteiger partial charge in [-0.25, -0.2) is 0 Å². The van der Waals surface area contributed by atoms with Crippen molar-refractivity contribution in [3.63, 3.8) is 0 Å². The van der Waals surface area contributed by atoms with Crippen LogP contribution in [0.4, 0.5) is 0 Å². The van der Waals surface area contributed by atoms with Gasteiger partial charge in [0.2, 0.25) is 0 Å². The van der Waals surface area contributed by atoms with E-state index in [2.05, 4.69) is 63.0 Å². The van der Waals surface area contributed by atoms with Crippen LogP contribution in [0.3, 0.4) is 0 Å². The molecule has 1 aromatic rings. The summed E-state index contributed by atoms with van der Waals surface area (Å²) in [5, 5.41) is 0. The summed E-state index contributed by atoms with van der Waals surface area (Å²) in [6, 6.07) is 4.30. The zero-order valence-corrected chi connectivity index (χ0v) is 15.3. The maximum Gasteiger partial charge on any atom is 0.137 e. The largest absolute Gasteiger partial charge is 0.485 e. The smallest absolute Gasteiger partial charge is 0.137 e. The molecule has 1 saturated carbocycles. The van der Waals surface area contributed by atoms with Gasteiger partial charge in [-0.1, -0.05) is 22.4 Å². The Labute approximate surface area is 138 Å². The molecule has 2 atom stereocenters. The molecule has 3 rings (SSSR count). The van der Waals surface area contributed by atoms with Crippen molar-refractivity contribution in [3.05, 3.63) is 26.6 Å². The molecule has 20 heavy (non-hydrogen) atoms. The van der Waals surface area contributed by atoms with Crippen molar-refractivity contribution in [2.24, 2.45) is 5.92 Å². The highest BCUT2D eigenvalue weighted by Gasteiger charge is 2.47. The monoisotopic (exact) mass is 401 g/mol. The van der Waals surface area contributed by atoms with E-state index in [-0.39, 0.29) is 5.60 Å². The molecule has 0 amide bonds. The SMILES string of the molecule is CN(C)C[C@H]1CCCC[C@]12Cc1cc(Br)cc(Br)c1O2. The number of ether oxygens (including phenoxy) is 1. The maximum atomic E-state index is 6.54. The summed E-state index contributed by atoms with van der Waals surface area (Å²) >= 11 is 7.24. The third-order valence-electron chi connectivity index (χ3n) is 4.61. The fraction of sp³-hybridized carbons (Fsp3) is 0.625. The van der Waals surface area contributed by atoms with Crippen molar-refractivity contribution in [1.29, 1.82) is 0 Å². The number of fused-ring (bicyclic) bond motifs is 1. The van der Waals surface area contributed by atoms with Crippen LogP contribution in [0.2, 0.25) is 0 Å². The average molecular weight is 403 g/mol. The zero-order chi connectivity index (χ0) is 14.3. The lowest BCUT2D eigenvalue weighted by Crippen LogP contribution is -2.48. The van der Waals surface area contributed by atoms with Crippen LogP contribution in [0.15, 0.2) is 21.1 Å². The van der Waals surface area contributed by atoms with E-state index < -0.39 is 0 Å². The van der Waals surface area contributed by atoms with Gasteiger partial charge in [0.05, 0.1) is 4.47 Å². The van der Waals surface area contributed by atoms with Gasteiger partial charge in [-0.15, -0.1) is 0 Å². The van der Waals surface area contributed by atoms with Crippen molar-refractivity contribution in [2.75, 3.05) is 20.6 Å². The number of benzene rings is 1. The van der Waals surface area contributed by atoms with E-state index >= 15 is 0 Å². The van der Waals surface area contributed by atoms with Gasteiger partial charge in [0.1, 0.15) is 11.4 Å². The first kappa shape index (κ1) is 14.9. The van der Waals surface area contributed by atoms with E-state index in [1.807, 2.05) is 0 Å². The van der Waals surface area contributed by atoms with Crippen LogP contribution in [0.1, 0.15) is 31.2 Å². The number of nitrogens with zero attached hydrogens (tertiary/aromatic N) is 1. The molecule has 2 nitrogen and oxygen atoms in total. The van der Waals surface area contributed by atoms with E-state index in [4.69, 9.17) is 4.74 Å². The topological polar surface area (TPSA) is 12.5 Å². The Morgan fingerprint density at radius 1 is 1.30 bits per heavy atom. The van der Waals surface area contributed by atoms with Crippen molar-refractivity contribution >= 4 is 31.9 Å². The van der Waals surface area contributed by atoms with Gasteiger partial charge in [-0.3, -0.25) is 0 Å². The molecule has 1 aliphatic carbocycles. The summed E-state index contributed by atoms with van der Waals surface area (Å²) in [6.45, 7) is 1.12. The minimum atomic E-state index is 0.0220. The van der Waals surface area contributed by atoms with Crippen LogP contribution >= 0.6 is 31.9 Å². The zero-order valence-electron chi connectivity index (χ0n) is 12.1. The summed E-state index contributed by atoms with van der Waals surface area (Å²) < 4.78 is 8.75. The van der Waals surface area contributed by atoms with Crippen LogP contribution < -0.4 is 4.74 Å². The molecule has 0 saturated heterocycles. The maximum absolute atomic E-state index is 6.54. The highest BCUT2D eigenvalue weighted by Crippen LogP contribution is 2.49. The first-order valence-corrected chi connectivity index (χ1v) is 8.90. The van der Waals surface area contributed by atoms with Crippen molar-refractivity contribution in [3.8, 4) is 5.75 Å². The third-order valence-corrected chi connectivity index (χ3v) is 5.66. The quantitative estimate of drug-likeness (QED) is 0.714. The number of rotatable bonds is 2. The fourth-order valence-electron chi connectivity index (χ4n) is 3.77. The molecule has 1 fully saturated rings. The molecule has 0 N–H and O–H groups in total. The van der Waals surface area contributed by atoms with Crippen molar-refractivity contribution in [1.82, 2.24) is 4.90 Å². The van der Waals surface area contributed by atoms with Gasteiger partial charge in [0, 0.05) is 28.9 Å². The summed E-state index contributed by atoms with van der Waals surface area (Å²) in [5.41, 5.74) is 1.37. The van der Waals surface area contributed by atoms with Crippen molar-refractivity contribution < 1.29 is 4.74 Å². The van der Waals surface area contributed by atoms with E-state index in [1.54, 1.807) is 0 Å². The molecular formula is C16H21Br2NO. The van der Waals surface area contributed by atoms with Crippen molar-refractivity contribution in [2.45, 2.75) is 37.7 Å². The molecule has 110 valence electrons. The molecule has 0 aromatic heterocycles. The summed E-state index contributed by atoms with van der Waals surface area (Å²) in [6.07, 6.45) is 6.15. The third kappa shape index (κ3) is 2.67. The van der Waals surface area contributed by atoms with Crippen LogP contribution in [0.25, 0.3) is 0 Å². The molecule has 1 aliphatic heterocycles. The predicted molar refractivity (Wildman–Crippen MR) is 89.4 cm³/mol. The molecular weight excluding hydrogens is 382 g/mol. The Morgan fingerprint density at radius 3 is 2.85 bits per heavy atom. The van der Waals surface area contributed by atoms with Gasteiger partial charge in [-0.2, -0.15) is 0 Å². The Morgan fingerprint density at radius 2 is 2.10 bits per heavy atom. The number of hydrogen-bond donors (Lipinski definition) is 0. The van der Waals surface area contributed by atoms with Crippen LogP contribution in [-0.4, -0.2) is 31.1 Å². The minimum absolute atomic E-state index is 0.0220. The predicted octanol–water partition coefficient (Wildman–Crippen LogP) is 4.64. The van der Waals surface area contributed by atoms with Gasteiger partial charge >= 0.3 is 0 Å². The van der Waals surface area contributed by atoms with Gasteiger partial charge in [0.15, 0.2) is 0 Å². The molecule has 0 bridgehead atoms. The molecule has 0 unspecified atom stereocenters. The molecule has 0 radical (unpaired) electrons. The first-order valence-electron chi connectivity index (χ1n) is 7.32. The van der Waals surface area contributed by atoms with E-state index in [9.17, 15) is 0 Å². The van der Waals surface area contributed by atoms with E-state index in [1.165, 1.54) is 31.2 Å². The van der Waals surface area contributed by atoms with E-state index in [0.717, 1.165) is 27.7 Å². The molecule has 1 spiro atoms. The van der Waals surface area contributed by atoms with Gasteiger partial charge in [-0.05, 0) is 61.4 Å². The second-order valence-corrected chi connectivity index (χ2v) is 8.19. The highest BCUT2D eigenvalue weighted by atomic mass is 79.9. The second kappa shape index (κ2) is 5.62. The Bertz CT molecular complexity index is 517. The number of hydrogen-bond acceptors (Lipinski definition) is 2. The normalized spacial score (nSPS) is 28.8. The Hall–Kier alpha value is -0.0600. The molecule has 1 heterocycles. The second-order valence-electron chi connectivity index (χ2n) is 6.42. The summed E-state index contributed by atoms with van der Waals surface area (Å²) in [5.74, 6) is 1.70. The highest BCUT2D eigenvalue weighted by molar-refractivity contribution is 9.11. The number of halogens is 2. The summed E-state index contributed by atoms with van der Waals surface area (Å²) in [7, 11) is 4.33. The lowest BCUT2D eigenvalue weighted by molar-refractivity contribution is -0.0154. The minimum Gasteiger partial charge on any atom is -0.485 e. The van der Waals surface area contributed by atoms with E-state index in [0.29, 0.717) is 5.92 Å². The lowest BCUT2D eigenvalue weighted by Gasteiger charge is -2.42. The van der Waals surface area contributed by atoms with Crippen LogP contribution in [-0.2, 0) is 6.42 Å². The fourth-order valence-corrected chi connectivity index (χ4v) is 5.16. The Kier molecular flexibility index (Phi) is 4.17. The molecule has 4 heteroatoms. The van der Waals surface area contributed by atoms with Crippen LogP contribution in [0, 0.1) is 5.92 Å². The first-order chi connectivity index (χ1) is 9.50.